The van der Waals surface area contributed by atoms with Crippen LogP contribution in [0.2, 0.25) is 0 Å². The highest BCUT2D eigenvalue weighted by molar-refractivity contribution is 5.29. The molecule has 0 aliphatic heterocycles. The molecule has 2 atom stereocenters. The van der Waals surface area contributed by atoms with Crippen molar-refractivity contribution in [1.29, 1.82) is 5.26 Å². The van der Waals surface area contributed by atoms with Gasteiger partial charge in [-0.15, -0.1) is 0 Å². The van der Waals surface area contributed by atoms with Gasteiger partial charge in [0.15, 0.2) is 0 Å². The molecule has 0 amide bonds. The first kappa shape index (κ1) is 17.1. The first-order valence-electron chi connectivity index (χ1n) is 5.55. The van der Waals surface area contributed by atoms with E-state index in [1.807, 2.05) is 0 Å². The third kappa shape index (κ3) is 4.27. The van der Waals surface area contributed by atoms with Crippen LogP contribution in [0.25, 0.3) is 0 Å². The smallest absolute Gasteiger partial charge is 0.426 e. The van der Waals surface area contributed by atoms with Crippen molar-refractivity contribution in [2.45, 2.75) is 30.9 Å². The minimum atomic E-state index is -5.85. The molecule has 2 N–H and O–H groups in total. The number of alkyl halides is 5. The summed E-state index contributed by atoms with van der Waals surface area (Å²) >= 11 is 0. The van der Waals surface area contributed by atoms with Crippen molar-refractivity contribution in [1.82, 2.24) is 0 Å². The normalized spacial score (nSPS) is 15.1. The zero-order chi connectivity index (χ0) is 16.3. The second kappa shape index (κ2) is 6.24. The number of aliphatic hydroxyl groups is 2. The summed E-state index contributed by atoms with van der Waals surface area (Å²) in [4.78, 5) is 0. The first-order valence-corrected chi connectivity index (χ1v) is 5.55. The van der Waals surface area contributed by atoms with Crippen LogP contribution in [0, 0.1) is 11.3 Å². The molecule has 1 aromatic carbocycles. The van der Waals surface area contributed by atoms with Crippen LogP contribution in [-0.4, -0.2) is 28.6 Å². The molecule has 4 nitrogen and oxygen atoms in total. The molecule has 21 heavy (non-hydrogen) atoms. The highest BCUT2D eigenvalue weighted by atomic mass is 19.4. The van der Waals surface area contributed by atoms with E-state index in [0.29, 0.717) is 0 Å². The minimum absolute atomic E-state index is 0.0421. The standard InChI is InChI=1S/C12H10F5NO3/c13-11(14,15)12(16,17)21-8-3-1-7(2-4-8)10(20)9(19)5-6-18/h1-4,9-10,19-20H,5H2. The molecule has 0 bridgehead atoms. The number of nitrogens with zero attached hydrogens (tertiary/aromatic N) is 1. The van der Waals surface area contributed by atoms with E-state index in [0.717, 1.165) is 24.3 Å². The van der Waals surface area contributed by atoms with Gasteiger partial charge in [-0.05, 0) is 17.7 Å². The number of benzene rings is 1. The largest absolute Gasteiger partial charge is 0.499 e. The topological polar surface area (TPSA) is 73.5 Å². The van der Waals surface area contributed by atoms with Gasteiger partial charge >= 0.3 is 12.3 Å². The van der Waals surface area contributed by atoms with Gasteiger partial charge < -0.3 is 14.9 Å². The lowest BCUT2D eigenvalue weighted by Crippen LogP contribution is -2.41. The summed E-state index contributed by atoms with van der Waals surface area (Å²) < 4.78 is 64.6. The Hall–Kier alpha value is -1.92. The SMILES string of the molecule is N#CCC(O)C(O)c1ccc(OC(F)(F)C(F)(F)F)cc1. The Morgan fingerprint density at radius 2 is 1.62 bits per heavy atom. The maximum absolute atomic E-state index is 12.6. The van der Waals surface area contributed by atoms with E-state index in [-0.39, 0.29) is 12.0 Å². The van der Waals surface area contributed by atoms with E-state index in [4.69, 9.17) is 5.26 Å². The van der Waals surface area contributed by atoms with Crippen LogP contribution in [0.5, 0.6) is 5.75 Å². The lowest BCUT2D eigenvalue weighted by Gasteiger charge is -2.21. The molecular formula is C12H10F5NO3. The van der Waals surface area contributed by atoms with Gasteiger partial charge in [0.25, 0.3) is 0 Å². The second-order valence-electron chi connectivity index (χ2n) is 4.06. The van der Waals surface area contributed by atoms with Crippen LogP contribution >= 0.6 is 0 Å². The van der Waals surface area contributed by atoms with Crippen LogP contribution in [0.15, 0.2) is 24.3 Å². The van der Waals surface area contributed by atoms with Gasteiger partial charge in [0.05, 0.1) is 18.6 Å². The molecular weight excluding hydrogens is 301 g/mol. The molecule has 1 aromatic rings. The molecule has 0 spiro atoms. The first-order chi connectivity index (χ1) is 9.58. The fraction of sp³-hybridized carbons (Fsp3) is 0.417. The number of nitriles is 1. The van der Waals surface area contributed by atoms with Crippen molar-refractivity contribution in [3.63, 3.8) is 0 Å². The molecule has 0 saturated heterocycles. The summed E-state index contributed by atoms with van der Waals surface area (Å²) in [6.45, 7) is 0. The van der Waals surface area contributed by atoms with Gasteiger partial charge in [-0.1, -0.05) is 12.1 Å². The highest BCUT2D eigenvalue weighted by Gasteiger charge is 2.61. The molecule has 0 radical (unpaired) electrons. The van der Waals surface area contributed by atoms with E-state index in [2.05, 4.69) is 4.74 Å². The van der Waals surface area contributed by atoms with Crippen molar-refractivity contribution >= 4 is 0 Å². The Kier molecular flexibility index (Phi) is 5.09. The fourth-order valence-electron chi connectivity index (χ4n) is 1.37. The van der Waals surface area contributed by atoms with Crippen LogP contribution in [-0.2, 0) is 0 Å². The van der Waals surface area contributed by atoms with Crippen LogP contribution in [0.4, 0.5) is 22.0 Å². The van der Waals surface area contributed by atoms with Gasteiger partial charge in [-0.25, -0.2) is 0 Å². The Balaban J connectivity index is 2.82. The van der Waals surface area contributed by atoms with E-state index in [9.17, 15) is 32.2 Å². The molecule has 0 aromatic heterocycles. The fourth-order valence-corrected chi connectivity index (χ4v) is 1.37. The number of aliphatic hydroxyl groups excluding tert-OH is 2. The molecule has 116 valence electrons. The molecule has 0 aliphatic carbocycles. The van der Waals surface area contributed by atoms with E-state index in [1.165, 1.54) is 0 Å². The van der Waals surface area contributed by atoms with Crippen LogP contribution < -0.4 is 4.74 Å². The van der Waals surface area contributed by atoms with E-state index < -0.39 is 30.2 Å². The summed E-state index contributed by atoms with van der Waals surface area (Å²) in [7, 11) is 0. The van der Waals surface area contributed by atoms with Crippen molar-refractivity contribution in [2.75, 3.05) is 0 Å². The Morgan fingerprint density at radius 1 is 1.10 bits per heavy atom. The number of ether oxygens (including phenoxy) is 1. The van der Waals surface area contributed by atoms with Gasteiger partial charge in [0, 0.05) is 0 Å². The van der Waals surface area contributed by atoms with Gasteiger partial charge in [0.2, 0.25) is 0 Å². The van der Waals surface area contributed by atoms with Crippen molar-refractivity contribution in [3.8, 4) is 11.8 Å². The summed E-state index contributed by atoms with van der Waals surface area (Å²) in [6.07, 6.45) is -14.4. The summed E-state index contributed by atoms with van der Waals surface area (Å²) in [5, 5.41) is 27.3. The number of hydrogen-bond acceptors (Lipinski definition) is 4. The monoisotopic (exact) mass is 311 g/mol. The van der Waals surface area contributed by atoms with Gasteiger partial charge in [-0.3, -0.25) is 0 Å². The number of rotatable bonds is 5. The average Bonchev–Trinajstić information content (AvgIpc) is 2.37. The molecule has 0 heterocycles. The maximum atomic E-state index is 12.6. The summed E-state index contributed by atoms with van der Waals surface area (Å²) in [6, 6.07) is 5.21. The van der Waals surface area contributed by atoms with Gasteiger partial charge in [-0.2, -0.15) is 27.2 Å². The van der Waals surface area contributed by atoms with Crippen molar-refractivity contribution in [2.24, 2.45) is 0 Å². The quantitative estimate of drug-likeness (QED) is 0.820. The molecule has 9 heteroatoms. The third-order valence-electron chi connectivity index (χ3n) is 2.46. The average molecular weight is 311 g/mol. The highest BCUT2D eigenvalue weighted by Crippen LogP contribution is 2.37. The zero-order valence-electron chi connectivity index (χ0n) is 10.3. The molecule has 2 unspecified atom stereocenters. The lowest BCUT2D eigenvalue weighted by molar-refractivity contribution is -0.360. The van der Waals surface area contributed by atoms with Crippen LogP contribution in [0.1, 0.15) is 18.1 Å². The van der Waals surface area contributed by atoms with Crippen molar-refractivity contribution in [3.05, 3.63) is 29.8 Å². The maximum Gasteiger partial charge on any atom is 0.499 e. The van der Waals surface area contributed by atoms with Gasteiger partial charge in [0.1, 0.15) is 11.9 Å². The molecule has 0 fully saturated rings. The van der Waals surface area contributed by atoms with Crippen molar-refractivity contribution < 1.29 is 36.9 Å². The second-order valence-corrected chi connectivity index (χ2v) is 4.06. The summed E-state index contributed by atoms with van der Waals surface area (Å²) in [5.41, 5.74) is 0.0421. The molecule has 0 saturated carbocycles. The molecule has 0 aliphatic rings. The summed E-state index contributed by atoms with van der Waals surface area (Å²) in [5.74, 6) is -0.761. The number of hydrogen-bond donors (Lipinski definition) is 2. The zero-order valence-corrected chi connectivity index (χ0v) is 10.3. The van der Waals surface area contributed by atoms with E-state index >= 15 is 0 Å². The Bertz CT molecular complexity index is 509. The number of halogens is 5. The minimum Gasteiger partial charge on any atom is -0.426 e. The Morgan fingerprint density at radius 3 is 2.05 bits per heavy atom. The van der Waals surface area contributed by atoms with Crippen LogP contribution in [0.3, 0.4) is 0 Å². The Labute approximate surface area is 116 Å². The third-order valence-corrected chi connectivity index (χ3v) is 2.46. The van der Waals surface area contributed by atoms with E-state index in [1.54, 1.807) is 6.07 Å². The lowest BCUT2D eigenvalue weighted by atomic mass is 10.0. The molecule has 1 rings (SSSR count). The predicted octanol–water partition coefficient (Wildman–Crippen LogP) is 2.53. The predicted molar refractivity (Wildman–Crippen MR) is 59.3 cm³/mol.